The summed E-state index contributed by atoms with van der Waals surface area (Å²) in [7, 11) is 0. The summed E-state index contributed by atoms with van der Waals surface area (Å²) in [5.41, 5.74) is 0.982. The van der Waals surface area contributed by atoms with Gasteiger partial charge in [0.2, 0.25) is 0 Å². The van der Waals surface area contributed by atoms with E-state index < -0.39 is 16.7 Å². The second kappa shape index (κ2) is 4.70. The molecule has 1 aromatic rings. The van der Waals surface area contributed by atoms with Crippen molar-refractivity contribution in [3.8, 4) is 0 Å². The molecule has 1 aliphatic heterocycles. The van der Waals surface area contributed by atoms with Crippen LogP contribution < -0.4 is 0 Å². The molecule has 1 saturated heterocycles. The lowest BCUT2D eigenvalue weighted by Crippen LogP contribution is -2.41. The molecule has 1 aromatic carbocycles. The molecule has 1 heterocycles. The van der Waals surface area contributed by atoms with Crippen molar-refractivity contribution in [1.82, 2.24) is 4.90 Å². The van der Waals surface area contributed by atoms with E-state index in [1.165, 1.54) is 0 Å². The van der Waals surface area contributed by atoms with Gasteiger partial charge in [-0.1, -0.05) is 54.3 Å². The molecule has 4 nitrogen and oxygen atoms in total. The standard InChI is InChI=1S/C12H11NO3S2/c1-12(7-8-5-3-2-4-6-8)9(14)13(10(15)16)11(17)18-12/h2-6H,7H2,1H3,(H,15,16). The molecule has 1 unspecified atom stereocenters. The highest BCUT2D eigenvalue weighted by molar-refractivity contribution is 8.25. The number of thioether (sulfide) groups is 1. The monoisotopic (exact) mass is 281 g/mol. The first-order valence-corrected chi connectivity index (χ1v) is 6.51. The van der Waals surface area contributed by atoms with E-state index >= 15 is 0 Å². The number of hydrogen-bond donors (Lipinski definition) is 1. The number of nitrogens with zero attached hydrogens (tertiary/aromatic N) is 1. The second-order valence-corrected chi connectivity index (χ2v) is 6.32. The summed E-state index contributed by atoms with van der Waals surface area (Å²) in [6, 6.07) is 9.48. The van der Waals surface area contributed by atoms with Crippen LogP contribution in [0.4, 0.5) is 4.79 Å². The fraction of sp³-hybridized carbons (Fsp3) is 0.250. The van der Waals surface area contributed by atoms with Gasteiger partial charge in [-0.05, 0) is 18.9 Å². The van der Waals surface area contributed by atoms with Crippen LogP contribution in [0.2, 0.25) is 0 Å². The Kier molecular flexibility index (Phi) is 3.41. The average molecular weight is 281 g/mol. The number of rotatable bonds is 2. The van der Waals surface area contributed by atoms with Crippen molar-refractivity contribution in [2.24, 2.45) is 0 Å². The van der Waals surface area contributed by atoms with Crippen molar-refractivity contribution in [1.29, 1.82) is 0 Å². The summed E-state index contributed by atoms with van der Waals surface area (Å²) in [5, 5.41) is 8.96. The van der Waals surface area contributed by atoms with Crippen molar-refractivity contribution < 1.29 is 14.7 Å². The second-order valence-electron chi connectivity index (χ2n) is 4.18. The highest BCUT2D eigenvalue weighted by Gasteiger charge is 2.49. The third kappa shape index (κ3) is 2.26. The summed E-state index contributed by atoms with van der Waals surface area (Å²) in [5.74, 6) is -0.464. The first kappa shape index (κ1) is 13.0. The minimum atomic E-state index is -1.31. The van der Waals surface area contributed by atoms with E-state index in [1.54, 1.807) is 6.92 Å². The van der Waals surface area contributed by atoms with Crippen LogP contribution in [0.25, 0.3) is 0 Å². The quantitative estimate of drug-likeness (QED) is 0.844. The Balaban J connectivity index is 2.25. The van der Waals surface area contributed by atoms with Crippen molar-refractivity contribution in [2.75, 3.05) is 0 Å². The minimum absolute atomic E-state index is 0.103. The molecule has 18 heavy (non-hydrogen) atoms. The van der Waals surface area contributed by atoms with Crippen molar-refractivity contribution in [3.63, 3.8) is 0 Å². The van der Waals surface area contributed by atoms with E-state index in [2.05, 4.69) is 0 Å². The number of thiocarbonyl (C=S) groups is 1. The Bertz CT molecular complexity index is 517. The number of carbonyl (C=O) groups excluding carboxylic acids is 1. The minimum Gasteiger partial charge on any atom is -0.464 e. The van der Waals surface area contributed by atoms with Gasteiger partial charge in [0.25, 0.3) is 5.91 Å². The smallest absolute Gasteiger partial charge is 0.419 e. The molecule has 0 radical (unpaired) electrons. The highest BCUT2D eigenvalue weighted by Crippen LogP contribution is 2.39. The zero-order valence-corrected chi connectivity index (χ0v) is 11.3. The molecule has 0 saturated carbocycles. The van der Waals surface area contributed by atoms with Crippen molar-refractivity contribution in [2.45, 2.75) is 18.1 Å². The van der Waals surface area contributed by atoms with E-state index in [1.807, 2.05) is 30.3 Å². The Hall–Kier alpha value is -1.40. The predicted molar refractivity (Wildman–Crippen MR) is 73.6 cm³/mol. The molecule has 94 valence electrons. The molecule has 0 aromatic heterocycles. The highest BCUT2D eigenvalue weighted by atomic mass is 32.2. The number of carboxylic acid groups (broad SMARTS) is 1. The topological polar surface area (TPSA) is 57.6 Å². The van der Waals surface area contributed by atoms with Gasteiger partial charge in [-0.3, -0.25) is 4.79 Å². The number of imide groups is 1. The van der Waals surface area contributed by atoms with E-state index in [-0.39, 0.29) is 4.32 Å². The zero-order valence-electron chi connectivity index (χ0n) is 9.62. The lowest BCUT2D eigenvalue weighted by Gasteiger charge is -2.19. The molecule has 1 aliphatic rings. The summed E-state index contributed by atoms with van der Waals surface area (Å²) in [4.78, 5) is 23.7. The molecule has 0 aliphatic carbocycles. The number of hydrogen-bond acceptors (Lipinski definition) is 4. The lowest BCUT2D eigenvalue weighted by atomic mass is 9.99. The molecule has 2 amide bonds. The Morgan fingerprint density at radius 1 is 1.44 bits per heavy atom. The van der Waals surface area contributed by atoms with Crippen LogP contribution in [0.15, 0.2) is 30.3 Å². The Labute approximate surface area is 114 Å². The zero-order chi connectivity index (χ0) is 13.3. The van der Waals surface area contributed by atoms with Gasteiger partial charge in [0.1, 0.15) is 4.75 Å². The van der Waals surface area contributed by atoms with E-state index in [0.29, 0.717) is 11.3 Å². The normalized spacial score (nSPS) is 23.5. The van der Waals surface area contributed by atoms with Gasteiger partial charge in [0.15, 0.2) is 4.32 Å². The van der Waals surface area contributed by atoms with Gasteiger partial charge < -0.3 is 5.11 Å². The fourth-order valence-electron chi connectivity index (χ4n) is 1.86. The van der Waals surface area contributed by atoms with Crippen LogP contribution in [-0.2, 0) is 11.2 Å². The van der Waals surface area contributed by atoms with Crippen LogP contribution in [0.3, 0.4) is 0 Å². The SMILES string of the molecule is CC1(Cc2ccccc2)SC(=S)N(C(=O)O)C1=O. The van der Waals surface area contributed by atoms with Crippen LogP contribution in [0.1, 0.15) is 12.5 Å². The molecule has 1 N–H and O–H groups in total. The summed E-state index contributed by atoms with van der Waals surface area (Å²) < 4.78 is -0.734. The first-order chi connectivity index (χ1) is 8.44. The fourth-order valence-corrected chi connectivity index (χ4v) is 3.63. The molecular formula is C12H11NO3S2. The molecule has 0 spiro atoms. The third-order valence-corrected chi connectivity index (χ3v) is 4.29. The summed E-state index contributed by atoms with van der Waals surface area (Å²) >= 11 is 6.08. The van der Waals surface area contributed by atoms with Crippen LogP contribution in [-0.4, -0.2) is 31.1 Å². The lowest BCUT2D eigenvalue weighted by molar-refractivity contribution is -0.127. The van der Waals surface area contributed by atoms with Crippen molar-refractivity contribution in [3.05, 3.63) is 35.9 Å². The Morgan fingerprint density at radius 3 is 2.56 bits per heavy atom. The van der Waals surface area contributed by atoms with E-state index in [9.17, 15) is 9.59 Å². The summed E-state index contributed by atoms with van der Waals surface area (Å²) in [6.07, 6.45) is -0.851. The van der Waals surface area contributed by atoms with Crippen LogP contribution >= 0.6 is 24.0 Å². The van der Waals surface area contributed by atoms with Crippen molar-refractivity contribution >= 4 is 40.3 Å². The van der Waals surface area contributed by atoms with Gasteiger partial charge in [0, 0.05) is 0 Å². The van der Waals surface area contributed by atoms with Crippen LogP contribution in [0, 0.1) is 0 Å². The number of amides is 2. The van der Waals surface area contributed by atoms with Gasteiger partial charge >= 0.3 is 6.09 Å². The predicted octanol–water partition coefficient (Wildman–Crippen LogP) is 2.53. The molecule has 1 atom stereocenters. The number of benzene rings is 1. The Morgan fingerprint density at radius 2 is 2.06 bits per heavy atom. The third-order valence-electron chi connectivity index (χ3n) is 2.73. The summed E-state index contributed by atoms with van der Waals surface area (Å²) in [6.45, 7) is 1.72. The van der Waals surface area contributed by atoms with E-state index in [4.69, 9.17) is 17.3 Å². The first-order valence-electron chi connectivity index (χ1n) is 5.28. The molecular weight excluding hydrogens is 270 g/mol. The van der Waals surface area contributed by atoms with Gasteiger partial charge in [0.05, 0.1) is 0 Å². The van der Waals surface area contributed by atoms with E-state index in [0.717, 1.165) is 17.3 Å². The maximum atomic E-state index is 12.1. The molecule has 6 heteroatoms. The van der Waals surface area contributed by atoms with Gasteiger partial charge in [-0.2, -0.15) is 4.90 Å². The molecule has 0 bridgehead atoms. The molecule has 2 rings (SSSR count). The average Bonchev–Trinajstić information content (AvgIpc) is 2.50. The number of carbonyl (C=O) groups is 2. The maximum Gasteiger partial charge on any atom is 0.419 e. The van der Waals surface area contributed by atoms with Gasteiger partial charge in [-0.15, -0.1) is 0 Å². The van der Waals surface area contributed by atoms with Gasteiger partial charge in [-0.25, -0.2) is 4.79 Å². The van der Waals surface area contributed by atoms with Crippen LogP contribution in [0.5, 0.6) is 0 Å². The largest absolute Gasteiger partial charge is 0.464 e. The molecule has 1 fully saturated rings. The maximum absolute atomic E-state index is 12.1.